The highest BCUT2D eigenvalue weighted by Crippen LogP contribution is 2.28. The molecule has 0 aromatic carbocycles. The van der Waals surface area contributed by atoms with Crippen LogP contribution in [0.2, 0.25) is 0 Å². The smallest absolute Gasteiger partial charge is 0.231 e. The highest BCUT2D eigenvalue weighted by Gasteiger charge is 2.32. The lowest BCUT2D eigenvalue weighted by molar-refractivity contribution is 0.108. The van der Waals surface area contributed by atoms with Gasteiger partial charge in [-0.2, -0.15) is 4.98 Å². The molecule has 1 aromatic heterocycles. The maximum atomic E-state index is 12.5. The first-order valence-electron chi connectivity index (χ1n) is 7.94. The molecule has 0 saturated carbocycles. The van der Waals surface area contributed by atoms with Gasteiger partial charge < -0.3 is 9.26 Å². The van der Waals surface area contributed by atoms with Crippen molar-refractivity contribution >= 4 is 10.0 Å². The van der Waals surface area contributed by atoms with Crippen LogP contribution in [0.25, 0.3) is 0 Å². The maximum absolute atomic E-state index is 12.5. The lowest BCUT2D eigenvalue weighted by atomic mass is 10.00. The Kier molecular flexibility index (Phi) is 4.79. The molecule has 2 fully saturated rings. The number of sulfonamides is 1. The van der Waals surface area contributed by atoms with E-state index in [1.54, 1.807) is 11.2 Å². The molecule has 1 aromatic rings. The summed E-state index contributed by atoms with van der Waals surface area (Å²) in [6.07, 6.45) is 4.41. The fourth-order valence-electron chi connectivity index (χ4n) is 3.16. The number of hydrogen-bond acceptors (Lipinski definition) is 6. The zero-order valence-corrected chi connectivity index (χ0v) is 13.7. The predicted molar refractivity (Wildman–Crippen MR) is 80.0 cm³/mol. The Hall–Kier alpha value is -0.990. The molecule has 0 spiro atoms. The molecule has 3 rings (SSSR count). The highest BCUT2D eigenvalue weighted by molar-refractivity contribution is 7.89. The van der Waals surface area contributed by atoms with E-state index in [2.05, 4.69) is 10.1 Å². The topological polar surface area (TPSA) is 85.5 Å². The van der Waals surface area contributed by atoms with E-state index in [9.17, 15) is 8.42 Å². The van der Waals surface area contributed by atoms with Crippen molar-refractivity contribution in [3.05, 3.63) is 11.7 Å². The zero-order chi connectivity index (χ0) is 15.6. The van der Waals surface area contributed by atoms with Crippen molar-refractivity contribution in [2.24, 2.45) is 0 Å². The van der Waals surface area contributed by atoms with Crippen LogP contribution in [0.3, 0.4) is 0 Å². The maximum Gasteiger partial charge on any atom is 0.231 e. The Balaban J connectivity index is 1.60. The van der Waals surface area contributed by atoms with E-state index in [1.807, 2.05) is 0 Å². The molecule has 2 aliphatic rings. The van der Waals surface area contributed by atoms with Gasteiger partial charge in [0.1, 0.15) is 0 Å². The highest BCUT2D eigenvalue weighted by atomic mass is 32.2. The molecule has 0 N–H and O–H groups in total. The predicted octanol–water partition coefficient (Wildman–Crippen LogP) is 1.46. The summed E-state index contributed by atoms with van der Waals surface area (Å²) >= 11 is 0. The number of aromatic nitrogens is 2. The van der Waals surface area contributed by atoms with Gasteiger partial charge in [0.25, 0.3) is 0 Å². The summed E-state index contributed by atoms with van der Waals surface area (Å²) in [5, 5.41) is 3.80. The number of nitrogens with zero attached hydrogens (tertiary/aromatic N) is 3. The second kappa shape index (κ2) is 6.64. The van der Waals surface area contributed by atoms with Gasteiger partial charge >= 0.3 is 0 Å². The van der Waals surface area contributed by atoms with Gasteiger partial charge in [0, 0.05) is 19.7 Å². The van der Waals surface area contributed by atoms with Crippen molar-refractivity contribution in [2.45, 2.75) is 51.0 Å². The van der Waals surface area contributed by atoms with Gasteiger partial charge in [0.2, 0.25) is 15.9 Å². The average Bonchev–Trinajstić information content (AvgIpc) is 3.17. The Bertz CT molecular complexity index is 595. The minimum atomic E-state index is -3.24. The third-order valence-electron chi connectivity index (χ3n) is 4.39. The number of aryl methyl sites for hydroxylation is 1. The molecule has 0 amide bonds. The van der Waals surface area contributed by atoms with Crippen LogP contribution in [0.15, 0.2) is 4.52 Å². The SMILES string of the molecule is Cc1noc([C@@H]2CCCN(S(=O)(=O)CC[C@@H]3CCCO3)C2)n1. The Morgan fingerprint density at radius 2 is 2.18 bits per heavy atom. The van der Waals surface area contributed by atoms with Gasteiger partial charge in [0.05, 0.1) is 17.8 Å². The molecule has 124 valence electrons. The Morgan fingerprint density at radius 3 is 2.86 bits per heavy atom. The van der Waals surface area contributed by atoms with Crippen LogP contribution in [0.5, 0.6) is 0 Å². The number of piperidine rings is 1. The Morgan fingerprint density at radius 1 is 1.32 bits per heavy atom. The fourth-order valence-corrected chi connectivity index (χ4v) is 4.79. The van der Waals surface area contributed by atoms with Crippen LogP contribution in [-0.2, 0) is 14.8 Å². The van der Waals surface area contributed by atoms with Crippen molar-refractivity contribution in [2.75, 3.05) is 25.4 Å². The average molecular weight is 329 g/mol. The summed E-state index contributed by atoms with van der Waals surface area (Å²) in [5.74, 6) is 1.31. The van der Waals surface area contributed by atoms with Crippen molar-refractivity contribution in [3.8, 4) is 0 Å². The Labute approximate surface area is 131 Å². The van der Waals surface area contributed by atoms with Gasteiger partial charge in [-0.15, -0.1) is 0 Å². The molecule has 2 aliphatic heterocycles. The first-order chi connectivity index (χ1) is 10.5. The first kappa shape index (κ1) is 15.9. The molecule has 0 bridgehead atoms. The summed E-state index contributed by atoms with van der Waals surface area (Å²) in [5.41, 5.74) is 0. The first-order valence-corrected chi connectivity index (χ1v) is 9.55. The molecule has 0 unspecified atom stereocenters. The quantitative estimate of drug-likeness (QED) is 0.813. The molecule has 0 aliphatic carbocycles. The van der Waals surface area contributed by atoms with Crippen LogP contribution >= 0.6 is 0 Å². The third kappa shape index (κ3) is 3.67. The largest absolute Gasteiger partial charge is 0.378 e. The standard InChI is InChI=1S/C14H23N3O4S/c1-11-15-14(21-16-11)12-4-2-7-17(10-12)22(18,19)9-6-13-5-3-8-20-13/h12-13H,2-10H2,1H3/t12-,13+/m1/s1. The lowest BCUT2D eigenvalue weighted by Gasteiger charge is -2.30. The van der Waals surface area contributed by atoms with E-state index in [0.29, 0.717) is 31.2 Å². The van der Waals surface area contributed by atoms with Gasteiger partial charge in [-0.25, -0.2) is 12.7 Å². The minimum Gasteiger partial charge on any atom is -0.378 e. The van der Waals surface area contributed by atoms with Gasteiger partial charge in [0.15, 0.2) is 5.82 Å². The van der Waals surface area contributed by atoms with Crippen LogP contribution in [0, 0.1) is 6.92 Å². The molecule has 2 atom stereocenters. The fraction of sp³-hybridized carbons (Fsp3) is 0.857. The van der Waals surface area contributed by atoms with Crippen LogP contribution in [0.4, 0.5) is 0 Å². The normalized spacial score (nSPS) is 27.3. The summed E-state index contributed by atoms with van der Waals surface area (Å²) in [6, 6.07) is 0. The van der Waals surface area contributed by atoms with E-state index in [4.69, 9.17) is 9.26 Å². The van der Waals surface area contributed by atoms with Crippen molar-refractivity contribution < 1.29 is 17.7 Å². The molecule has 22 heavy (non-hydrogen) atoms. The van der Waals surface area contributed by atoms with Crippen molar-refractivity contribution in [1.29, 1.82) is 0 Å². The van der Waals surface area contributed by atoms with E-state index in [1.165, 1.54) is 0 Å². The number of ether oxygens (including phenoxy) is 1. The molecule has 2 saturated heterocycles. The zero-order valence-electron chi connectivity index (χ0n) is 12.9. The van der Waals surface area contributed by atoms with Crippen LogP contribution in [-0.4, -0.2) is 54.4 Å². The molecule has 7 nitrogen and oxygen atoms in total. The second-order valence-electron chi connectivity index (χ2n) is 6.12. The van der Waals surface area contributed by atoms with Gasteiger partial charge in [-0.3, -0.25) is 0 Å². The lowest BCUT2D eigenvalue weighted by Crippen LogP contribution is -2.40. The van der Waals surface area contributed by atoms with E-state index < -0.39 is 10.0 Å². The van der Waals surface area contributed by atoms with E-state index in [0.717, 1.165) is 32.3 Å². The summed E-state index contributed by atoms with van der Waals surface area (Å²) < 4.78 is 37.4. The second-order valence-corrected chi connectivity index (χ2v) is 8.21. The van der Waals surface area contributed by atoms with Crippen LogP contribution < -0.4 is 0 Å². The molecule has 8 heteroatoms. The molecular formula is C14H23N3O4S. The van der Waals surface area contributed by atoms with E-state index in [-0.39, 0.29) is 17.8 Å². The molecular weight excluding hydrogens is 306 g/mol. The third-order valence-corrected chi connectivity index (χ3v) is 6.26. The summed E-state index contributed by atoms with van der Waals surface area (Å²) in [4.78, 5) is 4.24. The number of hydrogen-bond donors (Lipinski definition) is 0. The summed E-state index contributed by atoms with van der Waals surface area (Å²) in [7, 11) is -3.24. The van der Waals surface area contributed by atoms with Crippen molar-refractivity contribution in [3.63, 3.8) is 0 Å². The molecule has 3 heterocycles. The minimum absolute atomic E-state index is 0.00690. The van der Waals surface area contributed by atoms with Gasteiger partial charge in [-0.1, -0.05) is 5.16 Å². The van der Waals surface area contributed by atoms with Gasteiger partial charge in [-0.05, 0) is 39.0 Å². The number of rotatable bonds is 5. The van der Waals surface area contributed by atoms with E-state index >= 15 is 0 Å². The summed E-state index contributed by atoms with van der Waals surface area (Å²) in [6.45, 7) is 3.55. The monoisotopic (exact) mass is 329 g/mol. The molecule has 0 radical (unpaired) electrons. The van der Waals surface area contributed by atoms with Crippen LogP contribution in [0.1, 0.15) is 49.7 Å². The van der Waals surface area contributed by atoms with Crippen molar-refractivity contribution in [1.82, 2.24) is 14.4 Å².